The molecule has 1 N–H and O–H groups in total. The third kappa shape index (κ3) is 3.82. The van der Waals surface area contributed by atoms with Gasteiger partial charge in [0, 0.05) is 23.2 Å². The Morgan fingerprint density at radius 1 is 1.23 bits per heavy atom. The number of hydrogen-bond donors (Lipinski definition) is 1. The van der Waals surface area contributed by atoms with Gasteiger partial charge in [-0.05, 0) is 38.5 Å². The smallest absolute Gasteiger partial charge is 0.275 e. The van der Waals surface area contributed by atoms with Crippen LogP contribution in [0, 0.1) is 6.92 Å². The molecule has 0 radical (unpaired) electrons. The van der Waals surface area contributed by atoms with Crippen molar-refractivity contribution >= 4 is 33.3 Å². The highest BCUT2D eigenvalue weighted by Gasteiger charge is 2.11. The van der Waals surface area contributed by atoms with Crippen LogP contribution in [0.15, 0.2) is 35.1 Å². The topological polar surface area (TPSA) is 58.1 Å². The van der Waals surface area contributed by atoms with E-state index in [0.29, 0.717) is 5.69 Å². The molecule has 0 aliphatic rings. The normalized spacial score (nSPS) is 10.4. The number of aryl methyl sites for hydroxylation is 1. The first-order valence-corrected chi connectivity index (χ1v) is 7.99. The zero-order valence-corrected chi connectivity index (χ0v) is 14.5. The van der Waals surface area contributed by atoms with E-state index < -0.39 is 0 Å². The van der Waals surface area contributed by atoms with Gasteiger partial charge in [-0.3, -0.25) is 4.79 Å². The van der Waals surface area contributed by atoms with Gasteiger partial charge in [0.05, 0.1) is 12.4 Å². The number of carbonyl (C=O) groups excluding carboxylic acids is 1. The van der Waals surface area contributed by atoms with Crippen LogP contribution in [0.1, 0.15) is 29.9 Å². The van der Waals surface area contributed by atoms with E-state index in [4.69, 9.17) is 0 Å². The van der Waals surface area contributed by atoms with Crippen LogP contribution in [0.3, 0.4) is 0 Å². The average molecular weight is 363 g/mol. The van der Waals surface area contributed by atoms with Gasteiger partial charge in [-0.25, -0.2) is 9.97 Å². The number of nitrogens with zero attached hydrogens (tertiary/aromatic N) is 3. The molecule has 1 amide bonds. The van der Waals surface area contributed by atoms with Crippen molar-refractivity contribution in [3.8, 4) is 0 Å². The van der Waals surface area contributed by atoms with Crippen molar-refractivity contribution in [2.45, 2.75) is 20.8 Å². The molecule has 1 aromatic carbocycles. The first kappa shape index (κ1) is 16.4. The molecule has 0 fully saturated rings. The quantitative estimate of drug-likeness (QED) is 0.881. The number of anilines is 2. The van der Waals surface area contributed by atoms with E-state index >= 15 is 0 Å². The standard InChI is InChI=1S/C16H19BrN4O/c1-4-21(5-2)15-10-18-14(9-19-15)16(22)20-12-7-6-11(3)13(17)8-12/h6-10H,4-5H2,1-3H3,(H,20,22). The lowest BCUT2D eigenvalue weighted by Gasteiger charge is -2.18. The van der Waals surface area contributed by atoms with Gasteiger partial charge < -0.3 is 10.2 Å². The molecule has 5 nitrogen and oxygen atoms in total. The van der Waals surface area contributed by atoms with Crippen molar-refractivity contribution < 1.29 is 4.79 Å². The molecule has 116 valence electrons. The lowest BCUT2D eigenvalue weighted by Crippen LogP contribution is -2.23. The van der Waals surface area contributed by atoms with Gasteiger partial charge in [0.1, 0.15) is 11.5 Å². The van der Waals surface area contributed by atoms with Crippen molar-refractivity contribution in [3.63, 3.8) is 0 Å². The van der Waals surface area contributed by atoms with Crippen LogP contribution in [0.25, 0.3) is 0 Å². The molecule has 0 saturated carbocycles. The number of carbonyl (C=O) groups is 1. The second kappa shape index (κ2) is 7.35. The second-order valence-electron chi connectivity index (χ2n) is 4.85. The first-order valence-electron chi connectivity index (χ1n) is 7.19. The number of aromatic nitrogens is 2. The summed E-state index contributed by atoms with van der Waals surface area (Å²) in [6.07, 6.45) is 3.14. The summed E-state index contributed by atoms with van der Waals surface area (Å²) in [5, 5.41) is 2.82. The van der Waals surface area contributed by atoms with Gasteiger partial charge in [0.25, 0.3) is 5.91 Å². The monoisotopic (exact) mass is 362 g/mol. The summed E-state index contributed by atoms with van der Waals surface area (Å²) in [4.78, 5) is 22.8. The van der Waals surface area contributed by atoms with Crippen LogP contribution in [-0.4, -0.2) is 29.0 Å². The molecule has 1 heterocycles. The van der Waals surface area contributed by atoms with Crippen LogP contribution >= 0.6 is 15.9 Å². The minimum absolute atomic E-state index is 0.269. The fraction of sp³-hybridized carbons (Fsp3) is 0.312. The zero-order valence-electron chi connectivity index (χ0n) is 12.9. The van der Waals surface area contributed by atoms with Crippen molar-refractivity contribution in [2.24, 2.45) is 0 Å². The highest BCUT2D eigenvalue weighted by molar-refractivity contribution is 9.10. The Morgan fingerprint density at radius 3 is 2.50 bits per heavy atom. The fourth-order valence-electron chi connectivity index (χ4n) is 2.02. The number of hydrogen-bond acceptors (Lipinski definition) is 4. The van der Waals surface area contributed by atoms with Gasteiger partial charge in [-0.2, -0.15) is 0 Å². The Balaban J connectivity index is 2.11. The maximum Gasteiger partial charge on any atom is 0.275 e. The van der Waals surface area contributed by atoms with Gasteiger partial charge in [-0.15, -0.1) is 0 Å². The number of halogens is 1. The van der Waals surface area contributed by atoms with Crippen molar-refractivity contribution in [2.75, 3.05) is 23.3 Å². The van der Waals surface area contributed by atoms with Crippen LogP contribution in [0.4, 0.5) is 11.5 Å². The summed E-state index contributed by atoms with van der Waals surface area (Å²) >= 11 is 3.45. The number of nitrogens with one attached hydrogen (secondary N) is 1. The Kier molecular flexibility index (Phi) is 5.49. The van der Waals surface area contributed by atoms with E-state index in [1.807, 2.05) is 25.1 Å². The van der Waals surface area contributed by atoms with Crippen molar-refractivity contribution in [1.82, 2.24) is 9.97 Å². The minimum Gasteiger partial charge on any atom is -0.356 e. The molecule has 1 aromatic heterocycles. The molecule has 0 bridgehead atoms. The minimum atomic E-state index is -0.269. The zero-order chi connectivity index (χ0) is 16.1. The van der Waals surface area contributed by atoms with E-state index in [9.17, 15) is 4.79 Å². The van der Waals surface area contributed by atoms with Gasteiger partial charge in [0.2, 0.25) is 0 Å². The Labute approximate surface area is 138 Å². The molecule has 0 unspecified atom stereocenters. The van der Waals surface area contributed by atoms with Gasteiger partial charge >= 0.3 is 0 Å². The molecular formula is C16H19BrN4O. The number of rotatable bonds is 5. The van der Waals surface area contributed by atoms with Crippen molar-refractivity contribution in [3.05, 3.63) is 46.3 Å². The average Bonchev–Trinajstić information content (AvgIpc) is 2.53. The predicted molar refractivity (Wildman–Crippen MR) is 92.4 cm³/mol. The van der Waals surface area contributed by atoms with Gasteiger partial charge in [-0.1, -0.05) is 22.0 Å². The van der Waals surface area contributed by atoms with Crippen molar-refractivity contribution in [1.29, 1.82) is 0 Å². The van der Waals surface area contributed by atoms with Gasteiger partial charge in [0.15, 0.2) is 0 Å². The highest BCUT2D eigenvalue weighted by Crippen LogP contribution is 2.21. The van der Waals surface area contributed by atoms with Crippen LogP contribution in [0.2, 0.25) is 0 Å². The maximum atomic E-state index is 12.2. The first-order chi connectivity index (χ1) is 10.5. The summed E-state index contributed by atoms with van der Waals surface area (Å²) in [5.74, 6) is 0.508. The lowest BCUT2D eigenvalue weighted by atomic mass is 10.2. The van der Waals surface area contributed by atoms with Crippen LogP contribution in [0.5, 0.6) is 0 Å². The number of amides is 1. The second-order valence-corrected chi connectivity index (χ2v) is 5.70. The van der Waals surface area contributed by atoms with E-state index in [1.165, 1.54) is 6.20 Å². The lowest BCUT2D eigenvalue weighted by molar-refractivity contribution is 0.102. The van der Waals surface area contributed by atoms with E-state index in [0.717, 1.165) is 34.6 Å². The summed E-state index contributed by atoms with van der Waals surface area (Å²) in [6.45, 7) is 7.82. The molecule has 0 aliphatic heterocycles. The molecule has 0 aliphatic carbocycles. The van der Waals surface area contributed by atoms with Crippen LogP contribution in [-0.2, 0) is 0 Å². The molecule has 6 heteroatoms. The predicted octanol–water partition coefficient (Wildman–Crippen LogP) is 3.65. The third-order valence-electron chi connectivity index (χ3n) is 3.39. The Hall–Kier alpha value is -1.95. The fourth-order valence-corrected chi connectivity index (χ4v) is 2.39. The molecule has 2 aromatic rings. The van der Waals surface area contributed by atoms with E-state index in [2.05, 4.69) is 50.0 Å². The summed E-state index contributed by atoms with van der Waals surface area (Å²) in [5.41, 5.74) is 2.13. The molecule has 2 rings (SSSR count). The van der Waals surface area contributed by atoms with E-state index in [-0.39, 0.29) is 5.91 Å². The Bertz CT molecular complexity index is 654. The largest absolute Gasteiger partial charge is 0.356 e. The number of benzene rings is 1. The maximum absolute atomic E-state index is 12.2. The summed E-state index contributed by atoms with van der Waals surface area (Å²) in [7, 11) is 0. The summed E-state index contributed by atoms with van der Waals surface area (Å²) in [6, 6.07) is 5.66. The Morgan fingerprint density at radius 2 is 1.95 bits per heavy atom. The SMILES string of the molecule is CCN(CC)c1cnc(C(=O)Nc2ccc(C)c(Br)c2)cn1. The molecular weight excluding hydrogens is 344 g/mol. The van der Waals surface area contributed by atoms with Crippen LogP contribution < -0.4 is 10.2 Å². The summed E-state index contributed by atoms with van der Waals surface area (Å²) < 4.78 is 0.952. The molecule has 0 atom stereocenters. The highest BCUT2D eigenvalue weighted by atomic mass is 79.9. The third-order valence-corrected chi connectivity index (χ3v) is 4.24. The molecule has 0 saturated heterocycles. The van der Waals surface area contributed by atoms with E-state index in [1.54, 1.807) is 6.20 Å². The molecule has 22 heavy (non-hydrogen) atoms. The molecule has 0 spiro atoms.